The van der Waals surface area contributed by atoms with E-state index in [9.17, 15) is 9.59 Å². The SMILES string of the molecule is CCOc1cc(/C=C2N=C(/C=C/c3ccccc3)OC/2=O)ccc1OC(=O)c1ccc(OC)cc1. The second-order valence-electron chi connectivity index (χ2n) is 7.37. The Morgan fingerprint density at radius 1 is 0.943 bits per heavy atom. The molecule has 7 heteroatoms. The predicted molar refractivity (Wildman–Crippen MR) is 133 cm³/mol. The molecule has 0 spiro atoms. The third-order valence-electron chi connectivity index (χ3n) is 4.95. The van der Waals surface area contributed by atoms with E-state index in [0.29, 0.717) is 29.2 Å². The number of nitrogens with zero attached hydrogens (tertiary/aromatic N) is 1. The molecule has 176 valence electrons. The van der Waals surface area contributed by atoms with E-state index in [1.54, 1.807) is 61.7 Å². The van der Waals surface area contributed by atoms with Crippen LogP contribution in [0.1, 0.15) is 28.4 Å². The summed E-state index contributed by atoms with van der Waals surface area (Å²) < 4.78 is 21.5. The highest BCUT2D eigenvalue weighted by Crippen LogP contribution is 2.31. The number of hydrogen-bond acceptors (Lipinski definition) is 7. The first-order valence-corrected chi connectivity index (χ1v) is 10.9. The summed E-state index contributed by atoms with van der Waals surface area (Å²) in [5.41, 5.74) is 2.13. The highest BCUT2D eigenvalue weighted by atomic mass is 16.6. The van der Waals surface area contributed by atoms with Crippen LogP contribution in [0, 0.1) is 0 Å². The second kappa shape index (κ2) is 11.0. The molecular weight excluding hydrogens is 446 g/mol. The summed E-state index contributed by atoms with van der Waals surface area (Å²) in [6.45, 7) is 2.19. The van der Waals surface area contributed by atoms with Gasteiger partial charge in [-0.05, 0) is 66.6 Å². The van der Waals surface area contributed by atoms with Crippen molar-refractivity contribution in [2.24, 2.45) is 4.99 Å². The Kier molecular flexibility index (Phi) is 7.37. The molecule has 7 nitrogen and oxygen atoms in total. The molecule has 1 heterocycles. The van der Waals surface area contributed by atoms with E-state index in [1.165, 1.54) is 0 Å². The monoisotopic (exact) mass is 469 g/mol. The van der Waals surface area contributed by atoms with Crippen LogP contribution in [0.3, 0.4) is 0 Å². The van der Waals surface area contributed by atoms with Crippen LogP contribution in [0.4, 0.5) is 0 Å². The largest absolute Gasteiger partial charge is 0.497 e. The number of carbonyl (C=O) groups is 2. The molecule has 0 radical (unpaired) electrons. The molecule has 0 fully saturated rings. The predicted octanol–water partition coefficient (Wildman–Crippen LogP) is 5.32. The number of methoxy groups -OCH3 is 1. The number of esters is 2. The average molecular weight is 469 g/mol. The van der Waals surface area contributed by atoms with Gasteiger partial charge in [0.25, 0.3) is 0 Å². The van der Waals surface area contributed by atoms with Gasteiger partial charge in [-0.1, -0.05) is 36.4 Å². The van der Waals surface area contributed by atoms with Crippen LogP contribution in [-0.4, -0.2) is 31.6 Å². The number of rotatable bonds is 8. The van der Waals surface area contributed by atoms with Gasteiger partial charge in [-0.15, -0.1) is 0 Å². The highest BCUT2D eigenvalue weighted by Gasteiger charge is 2.21. The van der Waals surface area contributed by atoms with Gasteiger partial charge < -0.3 is 18.9 Å². The van der Waals surface area contributed by atoms with Crippen LogP contribution in [-0.2, 0) is 9.53 Å². The number of aliphatic imine (C=N–C) groups is 1. The van der Waals surface area contributed by atoms with Crippen LogP contribution < -0.4 is 14.2 Å². The van der Waals surface area contributed by atoms with Gasteiger partial charge in [-0.25, -0.2) is 14.6 Å². The highest BCUT2D eigenvalue weighted by molar-refractivity contribution is 6.11. The minimum atomic E-state index is -0.550. The zero-order valence-electron chi connectivity index (χ0n) is 19.3. The molecule has 3 aromatic carbocycles. The maximum atomic E-state index is 12.6. The maximum Gasteiger partial charge on any atom is 0.363 e. The third-order valence-corrected chi connectivity index (χ3v) is 4.95. The first-order valence-electron chi connectivity index (χ1n) is 10.9. The molecule has 0 aromatic heterocycles. The van der Waals surface area contributed by atoms with Gasteiger partial charge in [0.15, 0.2) is 17.2 Å². The van der Waals surface area contributed by atoms with Crippen LogP contribution in [0.5, 0.6) is 17.2 Å². The first-order chi connectivity index (χ1) is 17.1. The van der Waals surface area contributed by atoms with Gasteiger partial charge in [-0.3, -0.25) is 0 Å². The average Bonchev–Trinajstić information content (AvgIpc) is 3.24. The topological polar surface area (TPSA) is 83.4 Å². The zero-order chi connectivity index (χ0) is 24.6. The van der Waals surface area contributed by atoms with Gasteiger partial charge in [0.05, 0.1) is 19.3 Å². The number of benzene rings is 3. The molecule has 0 atom stereocenters. The van der Waals surface area contributed by atoms with Crippen LogP contribution in [0.15, 0.2) is 89.6 Å². The van der Waals surface area contributed by atoms with E-state index in [-0.39, 0.29) is 17.3 Å². The summed E-state index contributed by atoms with van der Waals surface area (Å²) in [6.07, 6.45) is 5.04. The molecule has 0 saturated heterocycles. The number of hydrogen-bond donors (Lipinski definition) is 0. The van der Waals surface area contributed by atoms with Crippen LogP contribution in [0.2, 0.25) is 0 Å². The lowest BCUT2D eigenvalue weighted by atomic mass is 10.1. The lowest BCUT2D eigenvalue weighted by Crippen LogP contribution is -2.09. The second-order valence-corrected chi connectivity index (χ2v) is 7.37. The molecule has 0 amide bonds. The Bertz CT molecular complexity index is 1310. The molecule has 1 aliphatic heterocycles. The van der Waals surface area contributed by atoms with Crippen LogP contribution in [0.25, 0.3) is 12.2 Å². The van der Waals surface area contributed by atoms with Crippen molar-refractivity contribution in [1.82, 2.24) is 0 Å². The zero-order valence-corrected chi connectivity index (χ0v) is 19.3. The number of cyclic esters (lactones) is 1. The Morgan fingerprint density at radius 3 is 2.43 bits per heavy atom. The summed E-state index contributed by atoms with van der Waals surface area (Å²) in [4.78, 5) is 29.1. The molecule has 0 saturated carbocycles. The molecule has 3 aromatic rings. The summed E-state index contributed by atoms with van der Waals surface area (Å²) >= 11 is 0. The summed E-state index contributed by atoms with van der Waals surface area (Å²) in [5.74, 6) is 0.396. The van der Waals surface area contributed by atoms with E-state index >= 15 is 0 Å². The molecular formula is C28H23NO6. The fourth-order valence-electron chi connectivity index (χ4n) is 3.24. The van der Waals surface area contributed by atoms with Gasteiger partial charge in [0.1, 0.15) is 5.75 Å². The first kappa shape index (κ1) is 23.5. The number of ether oxygens (including phenoxy) is 4. The third kappa shape index (κ3) is 6.03. The molecule has 0 bridgehead atoms. The summed E-state index contributed by atoms with van der Waals surface area (Å²) in [6, 6.07) is 21.2. The molecule has 0 aliphatic carbocycles. The quantitative estimate of drug-likeness (QED) is 0.252. The number of carbonyl (C=O) groups excluding carboxylic acids is 2. The van der Waals surface area contributed by atoms with E-state index in [4.69, 9.17) is 18.9 Å². The van der Waals surface area contributed by atoms with Gasteiger partial charge >= 0.3 is 11.9 Å². The minimum Gasteiger partial charge on any atom is -0.497 e. The van der Waals surface area contributed by atoms with Gasteiger partial charge in [-0.2, -0.15) is 0 Å². The molecule has 35 heavy (non-hydrogen) atoms. The Labute approximate surface area is 202 Å². The van der Waals surface area contributed by atoms with Crippen molar-refractivity contribution in [3.63, 3.8) is 0 Å². The Balaban J connectivity index is 1.52. The van der Waals surface area contributed by atoms with E-state index < -0.39 is 11.9 Å². The van der Waals surface area contributed by atoms with Crippen molar-refractivity contribution in [1.29, 1.82) is 0 Å². The maximum absolute atomic E-state index is 12.6. The van der Waals surface area contributed by atoms with Crippen molar-refractivity contribution in [3.05, 3.63) is 101 Å². The Hall–Kier alpha value is -4.65. The fraction of sp³-hybridized carbons (Fsp3) is 0.107. The summed E-state index contributed by atoms with van der Waals surface area (Å²) in [7, 11) is 1.55. The molecule has 4 rings (SSSR count). The Morgan fingerprint density at radius 2 is 1.71 bits per heavy atom. The standard InChI is InChI=1S/C28H23NO6/c1-3-33-25-18-20(9-15-24(25)34-27(30)21-11-13-22(32-2)14-12-21)17-23-28(31)35-26(29-23)16-10-19-7-5-4-6-8-19/h4-18H,3H2,1-2H3/b16-10+,23-17+. The van der Waals surface area contributed by atoms with E-state index in [0.717, 1.165) is 5.56 Å². The van der Waals surface area contributed by atoms with Crippen molar-refractivity contribution in [2.75, 3.05) is 13.7 Å². The molecule has 1 aliphatic rings. The molecule has 0 unspecified atom stereocenters. The van der Waals surface area contributed by atoms with Crippen molar-refractivity contribution in [2.45, 2.75) is 6.92 Å². The lowest BCUT2D eigenvalue weighted by molar-refractivity contribution is -0.129. The lowest BCUT2D eigenvalue weighted by Gasteiger charge is -2.11. The minimum absolute atomic E-state index is 0.156. The smallest absolute Gasteiger partial charge is 0.363 e. The van der Waals surface area contributed by atoms with Crippen molar-refractivity contribution in [3.8, 4) is 17.2 Å². The van der Waals surface area contributed by atoms with E-state index in [1.807, 2.05) is 43.3 Å². The van der Waals surface area contributed by atoms with Crippen LogP contribution >= 0.6 is 0 Å². The molecule has 0 N–H and O–H groups in total. The summed E-state index contributed by atoms with van der Waals surface area (Å²) in [5, 5.41) is 0. The van der Waals surface area contributed by atoms with Gasteiger partial charge in [0.2, 0.25) is 5.90 Å². The normalized spacial score (nSPS) is 14.1. The van der Waals surface area contributed by atoms with Crippen molar-refractivity contribution < 1.29 is 28.5 Å². The van der Waals surface area contributed by atoms with E-state index in [2.05, 4.69) is 4.99 Å². The van der Waals surface area contributed by atoms with Crippen molar-refractivity contribution >= 4 is 30.0 Å². The fourth-order valence-corrected chi connectivity index (χ4v) is 3.24. The van der Waals surface area contributed by atoms with Gasteiger partial charge in [0, 0.05) is 6.08 Å².